The highest BCUT2D eigenvalue weighted by atomic mass is 33.1. The first-order valence-electron chi connectivity index (χ1n) is 17.4. The molecular weight excluding hydrogens is 547 g/mol. The van der Waals surface area contributed by atoms with Crippen LogP contribution in [-0.2, 0) is 14.3 Å². The largest absolute Gasteiger partial charge is 0.375 e. The number of carbonyl (C=O) groups excluding carboxylic acids is 1. The Bertz CT molecular complexity index is 651. The second-order valence-electron chi connectivity index (χ2n) is 13.9. The standard InChI is InChI=1S/C35H69NO3S2/c1-9-11-12-13-14-15-16-17-18-24-34(5,6)35(7,8)41-40-27-23-33(37)36-25-20-26-38-31(10-2)32(39-29(3)4)28-30-21-19-22-30/h29-32H,9-28H2,1-8H3,(H,36,37). The van der Waals surface area contributed by atoms with Gasteiger partial charge in [0, 0.05) is 30.1 Å². The van der Waals surface area contributed by atoms with E-state index < -0.39 is 0 Å². The van der Waals surface area contributed by atoms with E-state index in [0.29, 0.717) is 19.6 Å². The van der Waals surface area contributed by atoms with Gasteiger partial charge in [0.1, 0.15) is 0 Å². The molecule has 2 atom stereocenters. The lowest BCUT2D eigenvalue weighted by Gasteiger charge is -2.41. The Morgan fingerprint density at radius 3 is 2.10 bits per heavy atom. The lowest BCUT2D eigenvalue weighted by molar-refractivity contribution is -0.121. The summed E-state index contributed by atoms with van der Waals surface area (Å²) in [4.78, 5) is 12.4. The van der Waals surface area contributed by atoms with Gasteiger partial charge in [-0.05, 0) is 64.7 Å². The Labute approximate surface area is 264 Å². The molecular formula is C35H69NO3S2. The topological polar surface area (TPSA) is 47.6 Å². The molecule has 0 heterocycles. The van der Waals surface area contributed by atoms with E-state index in [4.69, 9.17) is 9.47 Å². The Morgan fingerprint density at radius 2 is 1.54 bits per heavy atom. The van der Waals surface area contributed by atoms with E-state index in [1.165, 1.54) is 83.5 Å². The molecule has 244 valence electrons. The van der Waals surface area contributed by atoms with Crippen molar-refractivity contribution in [2.45, 2.75) is 188 Å². The van der Waals surface area contributed by atoms with E-state index in [9.17, 15) is 4.79 Å². The lowest BCUT2D eigenvalue weighted by Crippen LogP contribution is -2.37. The van der Waals surface area contributed by atoms with Crippen LogP contribution in [0.4, 0.5) is 0 Å². The third-order valence-electron chi connectivity index (χ3n) is 9.24. The maximum atomic E-state index is 12.4. The number of rotatable bonds is 27. The van der Waals surface area contributed by atoms with Gasteiger partial charge in [0.15, 0.2) is 0 Å². The predicted molar refractivity (Wildman–Crippen MR) is 184 cm³/mol. The maximum Gasteiger partial charge on any atom is 0.220 e. The fourth-order valence-corrected chi connectivity index (χ4v) is 8.46. The van der Waals surface area contributed by atoms with Gasteiger partial charge in [-0.25, -0.2) is 0 Å². The van der Waals surface area contributed by atoms with Crippen LogP contribution in [0, 0.1) is 11.3 Å². The average molecular weight is 616 g/mol. The monoisotopic (exact) mass is 615 g/mol. The summed E-state index contributed by atoms with van der Waals surface area (Å²) in [6.07, 6.45) is 21.9. The van der Waals surface area contributed by atoms with E-state index in [1.807, 2.05) is 21.6 Å². The van der Waals surface area contributed by atoms with Gasteiger partial charge in [0.05, 0.1) is 18.3 Å². The normalized spacial score (nSPS) is 16.1. The minimum absolute atomic E-state index is 0.148. The number of carbonyl (C=O) groups is 1. The molecule has 0 aromatic heterocycles. The van der Waals surface area contributed by atoms with Crippen molar-refractivity contribution in [3.8, 4) is 0 Å². The van der Waals surface area contributed by atoms with Gasteiger partial charge in [-0.2, -0.15) is 0 Å². The van der Waals surface area contributed by atoms with Crippen LogP contribution in [0.15, 0.2) is 0 Å². The molecule has 6 heteroatoms. The second-order valence-corrected chi connectivity index (χ2v) is 16.9. The van der Waals surface area contributed by atoms with E-state index >= 15 is 0 Å². The minimum Gasteiger partial charge on any atom is -0.375 e. The first-order valence-corrected chi connectivity index (χ1v) is 19.7. The molecule has 0 aromatic carbocycles. The summed E-state index contributed by atoms with van der Waals surface area (Å²) >= 11 is 0. The number of nitrogens with one attached hydrogen (secondary N) is 1. The first kappa shape index (κ1) is 39.1. The summed E-state index contributed by atoms with van der Waals surface area (Å²) in [5, 5.41) is 3.10. The predicted octanol–water partition coefficient (Wildman–Crippen LogP) is 10.8. The van der Waals surface area contributed by atoms with Gasteiger partial charge in [-0.1, -0.05) is 126 Å². The SMILES string of the molecule is CCCCCCCCCCCC(C)(C)C(C)(C)SSCCC(=O)NCCCOC(CC)C(CC1CCC1)OC(C)C. The minimum atomic E-state index is 0.148. The second kappa shape index (κ2) is 22.6. The highest BCUT2D eigenvalue weighted by Crippen LogP contribution is 2.49. The van der Waals surface area contributed by atoms with Crippen LogP contribution in [0.3, 0.4) is 0 Å². The van der Waals surface area contributed by atoms with Crippen molar-refractivity contribution in [3.05, 3.63) is 0 Å². The molecule has 0 spiro atoms. The van der Waals surface area contributed by atoms with Crippen molar-refractivity contribution in [1.29, 1.82) is 0 Å². The van der Waals surface area contributed by atoms with Crippen LogP contribution in [0.25, 0.3) is 0 Å². The lowest BCUT2D eigenvalue weighted by atomic mass is 9.76. The summed E-state index contributed by atoms with van der Waals surface area (Å²) < 4.78 is 12.7. The van der Waals surface area contributed by atoms with Crippen LogP contribution in [0.2, 0.25) is 0 Å². The van der Waals surface area contributed by atoms with Crippen molar-refractivity contribution < 1.29 is 14.3 Å². The molecule has 1 saturated carbocycles. The quantitative estimate of drug-likeness (QED) is 0.0736. The molecule has 1 amide bonds. The Hall–Kier alpha value is 0.0900. The maximum absolute atomic E-state index is 12.4. The summed E-state index contributed by atoms with van der Waals surface area (Å²) in [5.41, 5.74) is 0.279. The summed E-state index contributed by atoms with van der Waals surface area (Å²) in [5.74, 6) is 1.82. The Kier molecular flexibility index (Phi) is 21.5. The molecule has 41 heavy (non-hydrogen) atoms. The zero-order valence-electron chi connectivity index (χ0n) is 28.5. The molecule has 0 aromatic rings. The molecule has 0 radical (unpaired) electrons. The van der Waals surface area contributed by atoms with Crippen molar-refractivity contribution >= 4 is 27.5 Å². The highest BCUT2D eigenvalue weighted by Gasteiger charge is 2.37. The first-order chi connectivity index (χ1) is 19.5. The van der Waals surface area contributed by atoms with E-state index in [0.717, 1.165) is 30.9 Å². The average Bonchev–Trinajstić information content (AvgIpc) is 2.89. The van der Waals surface area contributed by atoms with Crippen LogP contribution in [0.1, 0.15) is 165 Å². The van der Waals surface area contributed by atoms with Crippen molar-refractivity contribution in [1.82, 2.24) is 5.32 Å². The molecule has 1 N–H and O–H groups in total. The van der Waals surface area contributed by atoms with Crippen LogP contribution in [-0.4, -0.2) is 47.9 Å². The Balaban J connectivity index is 2.16. The van der Waals surface area contributed by atoms with E-state index in [1.54, 1.807) is 0 Å². The summed E-state index contributed by atoms with van der Waals surface area (Å²) in [7, 11) is 3.83. The molecule has 4 nitrogen and oxygen atoms in total. The number of hydrogen-bond donors (Lipinski definition) is 1. The van der Waals surface area contributed by atoms with Crippen LogP contribution >= 0.6 is 21.6 Å². The van der Waals surface area contributed by atoms with Gasteiger partial charge < -0.3 is 14.8 Å². The molecule has 1 fully saturated rings. The molecule has 0 aliphatic heterocycles. The fraction of sp³-hybridized carbons (Fsp3) is 0.971. The van der Waals surface area contributed by atoms with Gasteiger partial charge in [-0.3, -0.25) is 4.79 Å². The van der Waals surface area contributed by atoms with Crippen molar-refractivity contribution in [2.75, 3.05) is 18.9 Å². The van der Waals surface area contributed by atoms with Crippen LogP contribution in [0.5, 0.6) is 0 Å². The van der Waals surface area contributed by atoms with Gasteiger partial charge >= 0.3 is 0 Å². The highest BCUT2D eigenvalue weighted by molar-refractivity contribution is 8.77. The molecule has 1 rings (SSSR count). The zero-order valence-corrected chi connectivity index (χ0v) is 30.1. The van der Waals surface area contributed by atoms with E-state index in [2.05, 4.69) is 60.7 Å². The van der Waals surface area contributed by atoms with Gasteiger partial charge in [0.25, 0.3) is 0 Å². The summed E-state index contributed by atoms with van der Waals surface area (Å²) in [6.45, 7) is 19.7. The van der Waals surface area contributed by atoms with Gasteiger partial charge in [-0.15, -0.1) is 0 Å². The zero-order chi connectivity index (χ0) is 30.6. The number of ether oxygens (including phenoxy) is 2. The van der Waals surface area contributed by atoms with E-state index in [-0.39, 0.29) is 34.4 Å². The number of amides is 1. The molecule has 0 saturated heterocycles. The Morgan fingerprint density at radius 1 is 0.902 bits per heavy atom. The smallest absolute Gasteiger partial charge is 0.220 e. The molecule has 2 unspecified atom stereocenters. The molecule has 0 bridgehead atoms. The van der Waals surface area contributed by atoms with Crippen LogP contribution < -0.4 is 5.32 Å². The molecule has 1 aliphatic carbocycles. The third kappa shape index (κ3) is 17.8. The summed E-state index contributed by atoms with van der Waals surface area (Å²) in [6, 6.07) is 0. The fourth-order valence-electron chi connectivity index (χ4n) is 5.43. The molecule has 1 aliphatic rings. The number of hydrogen-bond acceptors (Lipinski definition) is 5. The van der Waals surface area contributed by atoms with Crippen molar-refractivity contribution in [2.24, 2.45) is 11.3 Å². The number of unbranched alkanes of at least 4 members (excludes halogenated alkanes) is 8. The van der Waals surface area contributed by atoms with Crippen molar-refractivity contribution in [3.63, 3.8) is 0 Å². The third-order valence-corrected chi connectivity index (χ3v) is 12.8. The van der Waals surface area contributed by atoms with Gasteiger partial charge in [0.2, 0.25) is 5.91 Å².